The van der Waals surface area contributed by atoms with E-state index in [-0.39, 0.29) is 11.6 Å². The Kier molecular flexibility index (Phi) is 2.31. The molecule has 0 aromatic heterocycles. The molecule has 6 heavy (non-hydrogen) atoms. The number of carbonyl (C=O) groups is 1. The lowest BCUT2D eigenvalue weighted by molar-refractivity contribution is -0.121. The molecule has 2 N–H and O–H groups in total. The molecule has 0 heterocycles. The maximum atomic E-state index is 9.23. The molecule has 0 rings (SSSR count). The topological polar surface area (TPSA) is 52.3 Å². The number of hydrogen-bond donors (Lipinski definition) is 1. The minimum atomic E-state index is -0.245. The van der Waals surface area contributed by atoms with Crippen molar-refractivity contribution in [3.05, 3.63) is 0 Å². The second-order valence-corrected chi connectivity index (χ2v) is 0.935. The van der Waals surface area contributed by atoms with Gasteiger partial charge < -0.3 is 10.5 Å². The van der Waals surface area contributed by atoms with E-state index in [2.05, 4.69) is 22.7 Å². The van der Waals surface area contributed by atoms with Crippen LogP contribution in [0.4, 0.5) is 0 Å². The van der Waals surface area contributed by atoms with Crippen LogP contribution in [-0.2, 0) is 9.53 Å². The van der Waals surface area contributed by atoms with Crippen LogP contribution in [0.1, 0.15) is 0 Å². The van der Waals surface area contributed by atoms with Gasteiger partial charge in [-0.15, -0.1) is 0 Å². The summed E-state index contributed by atoms with van der Waals surface area (Å²) in [5.41, 5.74) is 4.68. The summed E-state index contributed by atoms with van der Waals surface area (Å²) in [7, 11) is 0. The Morgan fingerprint density at radius 1 is 2.00 bits per heavy atom. The molecule has 0 aliphatic heterocycles. The van der Waals surface area contributed by atoms with Gasteiger partial charge in [-0.2, -0.15) is 0 Å². The molecule has 3 nitrogen and oxygen atoms in total. The van der Waals surface area contributed by atoms with Gasteiger partial charge in [0.05, 0.1) is 0 Å². The van der Waals surface area contributed by atoms with Crippen LogP contribution in [0.15, 0.2) is 0 Å². The fraction of sp³-hybridized carbons (Fsp3) is 0. The molecule has 0 aromatic rings. The number of hydrogen-bond acceptors (Lipinski definition) is 3. The van der Waals surface area contributed by atoms with Gasteiger partial charge in [0.2, 0.25) is 0 Å². The van der Waals surface area contributed by atoms with Crippen LogP contribution >= 0.6 is 12.2 Å². The van der Waals surface area contributed by atoms with Gasteiger partial charge in [0.15, 0.2) is 0 Å². The van der Waals surface area contributed by atoms with E-state index in [0.717, 1.165) is 0 Å². The molecular formula is C2H3NO2S. The van der Waals surface area contributed by atoms with E-state index >= 15 is 0 Å². The lowest BCUT2D eigenvalue weighted by Crippen LogP contribution is -2.10. The van der Waals surface area contributed by atoms with Gasteiger partial charge in [-0.3, -0.25) is 4.79 Å². The molecule has 0 fully saturated rings. The lowest BCUT2D eigenvalue weighted by Gasteiger charge is -1.83. The van der Waals surface area contributed by atoms with Gasteiger partial charge in [0.25, 0.3) is 11.6 Å². The van der Waals surface area contributed by atoms with Crippen molar-refractivity contribution in [1.29, 1.82) is 0 Å². The van der Waals surface area contributed by atoms with Gasteiger partial charge in [-0.05, 0) is 12.2 Å². The van der Waals surface area contributed by atoms with E-state index in [0.29, 0.717) is 0 Å². The molecule has 0 aliphatic rings. The highest BCUT2D eigenvalue weighted by atomic mass is 32.1. The highest BCUT2D eigenvalue weighted by Crippen LogP contribution is 1.60. The molecule has 0 radical (unpaired) electrons. The van der Waals surface area contributed by atoms with Gasteiger partial charge >= 0.3 is 0 Å². The van der Waals surface area contributed by atoms with Crippen LogP contribution in [0, 0.1) is 0 Å². The summed E-state index contributed by atoms with van der Waals surface area (Å²) in [5, 5.41) is -0.245. The predicted octanol–water partition coefficient (Wildman–Crippen LogP) is -0.597. The summed E-state index contributed by atoms with van der Waals surface area (Å²) < 4.78 is 3.87. The van der Waals surface area contributed by atoms with Crippen molar-refractivity contribution < 1.29 is 9.53 Å². The Morgan fingerprint density at radius 3 is 2.50 bits per heavy atom. The molecule has 0 atom stereocenters. The van der Waals surface area contributed by atoms with E-state index in [1.807, 2.05) is 0 Å². The third-order valence-electron chi connectivity index (χ3n) is 0.164. The summed E-state index contributed by atoms with van der Waals surface area (Å²) in [6.07, 6.45) is 0. The zero-order chi connectivity index (χ0) is 4.99. The summed E-state index contributed by atoms with van der Waals surface area (Å²) in [5.74, 6) is 0. The minimum Gasteiger partial charge on any atom is -0.402 e. The quantitative estimate of drug-likeness (QED) is 0.357. The Bertz CT molecular complexity index is 71.9. The van der Waals surface area contributed by atoms with E-state index in [1.54, 1.807) is 0 Å². The molecule has 34 valence electrons. The molecule has 0 aliphatic carbocycles. The largest absolute Gasteiger partial charge is 0.402 e. The highest BCUT2D eigenvalue weighted by Gasteiger charge is 1.76. The number of nitrogens with two attached hydrogens (primary N) is 1. The van der Waals surface area contributed by atoms with E-state index in [1.165, 1.54) is 0 Å². The first kappa shape index (κ1) is 5.36. The molecule has 0 aromatic carbocycles. The van der Waals surface area contributed by atoms with Crippen LogP contribution in [0.3, 0.4) is 0 Å². The Balaban J connectivity index is 3.05. The first-order valence-electron chi connectivity index (χ1n) is 1.17. The molecule has 0 spiro atoms. The van der Waals surface area contributed by atoms with Crippen molar-refractivity contribution in [1.82, 2.24) is 0 Å². The van der Waals surface area contributed by atoms with E-state index in [9.17, 15) is 4.79 Å². The Labute approximate surface area is 40.1 Å². The maximum absolute atomic E-state index is 9.23. The zero-order valence-electron chi connectivity index (χ0n) is 2.88. The Morgan fingerprint density at radius 2 is 2.50 bits per heavy atom. The smallest absolute Gasteiger partial charge is 0.300 e. The van der Waals surface area contributed by atoms with Gasteiger partial charge in [0, 0.05) is 0 Å². The van der Waals surface area contributed by atoms with Crippen LogP contribution in [-0.4, -0.2) is 11.6 Å². The third-order valence-corrected chi connectivity index (χ3v) is 0.260. The predicted molar refractivity (Wildman–Crippen MR) is 23.9 cm³/mol. The molecule has 0 saturated carbocycles. The van der Waals surface area contributed by atoms with Crippen molar-refractivity contribution in [2.75, 3.05) is 0 Å². The average Bonchev–Trinajstić information content (AvgIpc) is 1.35. The summed E-state index contributed by atoms with van der Waals surface area (Å²) >= 11 is 4.12. The van der Waals surface area contributed by atoms with Crippen molar-refractivity contribution in [3.8, 4) is 0 Å². The van der Waals surface area contributed by atoms with Gasteiger partial charge in [-0.25, -0.2) is 0 Å². The summed E-state index contributed by atoms with van der Waals surface area (Å²) in [6.45, 7) is 0.183. The fourth-order valence-electron chi connectivity index (χ4n) is 0.0474. The molecular weight excluding hydrogens is 102 g/mol. The molecule has 0 unspecified atom stereocenters. The van der Waals surface area contributed by atoms with E-state index in [4.69, 9.17) is 0 Å². The number of ether oxygens (including phenoxy) is 1. The van der Waals surface area contributed by atoms with Crippen molar-refractivity contribution >= 4 is 23.9 Å². The second kappa shape index (κ2) is 2.59. The zero-order valence-corrected chi connectivity index (χ0v) is 3.70. The number of rotatable bonds is 1. The van der Waals surface area contributed by atoms with Crippen molar-refractivity contribution in [2.24, 2.45) is 5.73 Å². The summed E-state index contributed by atoms with van der Waals surface area (Å²) in [6, 6.07) is 0. The monoisotopic (exact) mass is 105 g/mol. The van der Waals surface area contributed by atoms with Crippen LogP contribution in [0.25, 0.3) is 0 Å². The first-order chi connectivity index (χ1) is 2.77. The van der Waals surface area contributed by atoms with Crippen molar-refractivity contribution in [2.45, 2.75) is 0 Å². The normalized spacial score (nSPS) is 6.67. The van der Waals surface area contributed by atoms with Crippen LogP contribution in [0.5, 0.6) is 0 Å². The van der Waals surface area contributed by atoms with E-state index < -0.39 is 0 Å². The van der Waals surface area contributed by atoms with Gasteiger partial charge in [0.1, 0.15) is 0 Å². The van der Waals surface area contributed by atoms with Crippen LogP contribution < -0.4 is 5.73 Å². The standard InChI is InChI=1S/C2H3NO2S/c3-2(6)5-1-4/h1H,(H2,3,6). The number of carbonyl (C=O) groups excluding carboxylic acids is 1. The second-order valence-electron chi connectivity index (χ2n) is 0.533. The first-order valence-corrected chi connectivity index (χ1v) is 1.58. The minimum absolute atomic E-state index is 0.183. The summed E-state index contributed by atoms with van der Waals surface area (Å²) in [4.78, 5) is 9.23. The third kappa shape index (κ3) is 3.36. The Hall–Kier alpha value is -0.640. The lowest BCUT2D eigenvalue weighted by atomic mass is 11.3. The highest BCUT2D eigenvalue weighted by molar-refractivity contribution is 7.80. The average molecular weight is 105 g/mol. The molecule has 4 heteroatoms. The maximum Gasteiger partial charge on any atom is 0.300 e. The van der Waals surface area contributed by atoms with Crippen molar-refractivity contribution in [3.63, 3.8) is 0 Å². The molecule has 0 saturated heterocycles. The SMILES string of the molecule is NC(=S)OC=O. The van der Waals surface area contributed by atoms with Gasteiger partial charge in [-0.1, -0.05) is 0 Å². The fourth-order valence-corrected chi connectivity index (χ4v) is 0.0867. The molecule has 0 amide bonds. The van der Waals surface area contributed by atoms with Crippen LogP contribution in [0.2, 0.25) is 0 Å². The number of thiocarbonyl (C=S) groups is 1. The molecule has 0 bridgehead atoms.